The number of sulfonamides is 1. The van der Waals surface area contributed by atoms with Gasteiger partial charge in [0.1, 0.15) is 6.04 Å². The van der Waals surface area contributed by atoms with Crippen LogP contribution in [0.25, 0.3) is 0 Å². The Hall–Kier alpha value is -2.07. The maximum Gasteiger partial charge on any atom is 0.324 e. The average molecular weight is 320 g/mol. The van der Waals surface area contributed by atoms with Crippen molar-refractivity contribution in [3.05, 3.63) is 34.1 Å². The number of carbonyl (C=O) groups is 1. The van der Waals surface area contributed by atoms with Crippen molar-refractivity contribution >= 4 is 21.7 Å². The van der Waals surface area contributed by atoms with Gasteiger partial charge in [0, 0.05) is 0 Å². The van der Waals surface area contributed by atoms with Crippen LogP contribution in [0.1, 0.15) is 13.8 Å². The molecule has 0 saturated carbocycles. The van der Waals surface area contributed by atoms with E-state index in [0.717, 1.165) is 18.2 Å². The molecule has 0 aliphatic rings. The largest absolute Gasteiger partial charge is 0.480 e. The minimum Gasteiger partial charge on any atom is -0.480 e. The maximum absolute atomic E-state index is 13.4. The fourth-order valence-corrected chi connectivity index (χ4v) is 3.11. The van der Waals surface area contributed by atoms with Gasteiger partial charge in [0.25, 0.3) is 0 Å². The summed E-state index contributed by atoms with van der Waals surface area (Å²) >= 11 is 0. The van der Waals surface area contributed by atoms with Gasteiger partial charge in [0.2, 0.25) is 15.8 Å². The maximum atomic E-state index is 13.4. The number of benzene rings is 1. The van der Waals surface area contributed by atoms with E-state index in [1.165, 1.54) is 13.8 Å². The number of nitrogens with one attached hydrogen (secondary N) is 1. The van der Waals surface area contributed by atoms with Crippen LogP contribution in [0.5, 0.6) is 0 Å². The van der Waals surface area contributed by atoms with Crippen molar-refractivity contribution in [3.8, 4) is 0 Å². The number of carboxylic acids is 1. The van der Waals surface area contributed by atoms with Gasteiger partial charge >= 0.3 is 11.7 Å². The zero-order valence-corrected chi connectivity index (χ0v) is 11.9. The van der Waals surface area contributed by atoms with Gasteiger partial charge < -0.3 is 5.11 Å². The molecule has 0 heterocycles. The van der Waals surface area contributed by atoms with Gasteiger partial charge in [-0.1, -0.05) is 19.9 Å². The molecule has 0 unspecified atom stereocenters. The lowest BCUT2D eigenvalue weighted by molar-refractivity contribution is -0.390. The van der Waals surface area contributed by atoms with Crippen LogP contribution >= 0.6 is 0 Å². The lowest BCUT2D eigenvalue weighted by Gasteiger charge is -2.17. The Morgan fingerprint density at radius 1 is 1.43 bits per heavy atom. The Labute approximate surface area is 119 Å². The van der Waals surface area contributed by atoms with E-state index in [0.29, 0.717) is 0 Å². The smallest absolute Gasteiger partial charge is 0.324 e. The highest BCUT2D eigenvalue weighted by Crippen LogP contribution is 2.27. The fraction of sp³-hybridized carbons (Fsp3) is 0.364. The first-order valence-corrected chi connectivity index (χ1v) is 7.24. The highest BCUT2D eigenvalue weighted by atomic mass is 32.2. The normalized spacial score (nSPS) is 13.1. The summed E-state index contributed by atoms with van der Waals surface area (Å²) in [6, 6.07) is 1.08. The Kier molecular flexibility index (Phi) is 4.97. The number of hydrogen-bond donors (Lipinski definition) is 2. The third kappa shape index (κ3) is 3.73. The first kappa shape index (κ1) is 17.0. The number of aliphatic carboxylic acids is 1. The van der Waals surface area contributed by atoms with Crippen LogP contribution in [0.3, 0.4) is 0 Å². The van der Waals surface area contributed by atoms with Crippen molar-refractivity contribution < 1.29 is 27.6 Å². The molecule has 8 nitrogen and oxygen atoms in total. The number of halogens is 1. The SMILES string of the molecule is CC(C)[C@H](NS(=O)(=O)c1cccc(F)c1[N+](=O)[O-])C(=O)O. The van der Waals surface area contributed by atoms with E-state index >= 15 is 0 Å². The van der Waals surface area contributed by atoms with Crippen molar-refractivity contribution in [1.29, 1.82) is 0 Å². The van der Waals surface area contributed by atoms with E-state index in [-0.39, 0.29) is 0 Å². The second kappa shape index (κ2) is 6.14. The summed E-state index contributed by atoms with van der Waals surface area (Å²) < 4.78 is 39.4. The van der Waals surface area contributed by atoms with Crippen molar-refractivity contribution in [1.82, 2.24) is 4.72 Å². The predicted molar refractivity (Wildman–Crippen MR) is 69.6 cm³/mol. The number of nitro benzene ring substituents is 1. The molecule has 0 amide bonds. The van der Waals surface area contributed by atoms with Crippen LogP contribution in [-0.2, 0) is 14.8 Å². The highest BCUT2D eigenvalue weighted by molar-refractivity contribution is 7.89. The summed E-state index contributed by atoms with van der Waals surface area (Å²) in [5.74, 6) is -3.36. The number of para-hydroxylation sites is 1. The van der Waals surface area contributed by atoms with Crippen LogP contribution in [0.2, 0.25) is 0 Å². The molecule has 1 rings (SSSR count). The predicted octanol–water partition coefficient (Wildman–Crippen LogP) is 1.12. The Morgan fingerprint density at radius 2 is 2.00 bits per heavy atom. The molecule has 1 atom stereocenters. The Balaban J connectivity index is 3.36. The molecule has 0 spiro atoms. The van der Waals surface area contributed by atoms with Crippen molar-refractivity contribution in [2.75, 3.05) is 0 Å². The summed E-state index contributed by atoms with van der Waals surface area (Å²) in [6.45, 7) is 2.92. The monoisotopic (exact) mass is 320 g/mol. The summed E-state index contributed by atoms with van der Waals surface area (Å²) in [5, 5.41) is 19.8. The van der Waals surface area contributed by atoms with Gasteiger partial charge in [-0.15, -0.1) is 0 Å². The van der Waals surface area contributed by atoms with Crippen molar-refractivity contribution in [2.24, 2.45) is 5.92 Å². The number of rotatable bonds is 6. The summed E-state index contributed by atoms with van der Waals surface area (Å²) in [4.78, 5) is 19.7. The van der Waals surface area contributed by atoms with Gasteiger partial charge in [-0.25, -0.2) is 8.42 Å². The zero-order valence-electron chi connectivity index (χ0n) is 11.1. The first-order chi connectivity index (χ1) is 9.58. The Bertz CT molecular complexity index is 673. The molecule has 1 aromatic carbocycles. The number of nitrogens with zero attached hydrogens (tertiary/aromatic N) is 1. The molecule has 10 heteroatoms. The van der Waals surface area contributed by atoms with E-state index < -0.39 is 49.3 Å². The van der Waals surface area contributed by atoms with Crippen LogP contribution < -0.4 is 4.72 Å². The lowest BCUT2D eigenvalue weighted by Crippen LogP contribution is -2.44. The second-order valence-electron chi connectivity index (χ2n) is 4.52. The van der Waals surface area contributed by atoms with Crippen molar-refractivity contribution in [2.45, 2.75) is 24.8 Å². The minimum absolute atomic E-state index is 0.607. The molecule has 0 fully saturated rings. The van der Waals surface area contributed by atoms with Gasteiger partial charge in [-0.3, -0.25) is 14.9 Å². The van der Waals surface area contributed by atoms with E-state index in [4.69, 9.17) is 5.11 Å². The molecule has 0 saturated heterocycles. The summed E-state index contributed by atoms with van der Waals surface area (Å²) in [5.41, 5.74) is -1.22. The Morgan fingerprint density at radius 3 is 2.43 bits per heavy atom. The number of hydrogen-bond acceptors (Lipinski definition) is 5. The van der Waals surface area contributed by atoms with Gasteiger partial charge in [0.15, 0.2) is 4.90 Å². The zero-order chi connectivity index (χ0) is 16.4. The molecule has 1 aromatic rings. The molecule has 21 heavy (non-hydrogen) atoms. The number of carboxylic acid groups (broad SMARTS) is 1. The standard InChI is InChI=1S/C11H13FN2O6S/c1-6(2)9(11(15)16)13-21(19,20)8-5-3-4-7(12)10(8)14(17)18/h3-6,9,13H,1-2H3,(H,15,16)/t9-/m0/s1. The molecule has 0 aromatic heterocycles. The van der Waals surface area contributed by atoms with Gasteiger partial charge in [-0.2, -0.15) is 9.11 Å². The molecule has 0 radical (unpaired) electrons. The second-order valence-corrected chi connectivity index (χ2v) is 6.21. The molecule has 0 aliphatic heterocycles. The molecule has 116 valence electrons. The average Bonchev–Trinajstić information content (AvgIpc) is 2.34. The topological polar surface area (TPSA) is 127 Å². The van der Waals surface area contributed by atoms with Crippen molar-refractivity contribution in [3.63, 3.8) is 0 Å². The summed E-state index contributed by atoms with van der Waals surface area (Å²) in [7, 11) is -4.56. The van der Waals surface area contributed by atoms with Gasteiger partial charge in [-0.05, 0) is 18.1 Å². The van der Waals surface area contributed by atoms with E-state index in [1.54, 1.807) is 0 Å². The van der Waals surface area contributed by atoms with Crippen LogP contribution in [0, 0.1) is 21.8 Å². The molecule has 2 N–H and O–H groups in total. The molecular formula is C11H13FN2O6S. The quantitative estimate of drug-likeness (QED) is 0.597. The summed E-state index contributed by atoms with van der Waals surface area (Å²) in [6.07, 6.45) is 0. The molecule has 0 aliphatic carbocycles. The molecule has 0 bridgehead atoms. The lowest BCUT2D eigenvalue weighted by atomic mass is 10.1. The van der Waals surface area contributed by atoms with E-state index in [9.17, 15) is 27.7 Å². The highest BCUT2D eigenvalue weighted by Gasteiger charge is 2.34. The van der Waals surface area contributed by atoms with E-state index in [1.807, 2.05) is 4.72 Å². The molecular weight excluding hydrogens is 307 g/mol. The minimum atomic E-state index is -4.56. The fourth-order valence-electron chi connectivity index (χ4n) is 1.59. The van der Waals surface area contributed by atoms with Crippen LogP contribution in [0.15, 0.2) is 23.1 Å². The van der Waals surface area contributed by atoms with Crippen LogP contribution in [-0.4, -0.2) is 30.5 Å². The van der Waals surface area contributed by atoms with Crippen LogP contribution in [0.4, 0.5) is 10.1 Å². The third-order valence-corrected chi connectivity index (χ3v) is 4.11. The van der Waals surface area contributed by atoms with E-state index in [2.05, 4.69) is 0 Å². The van der Waals surface area contributed by atoms with Gasteiger partial charge in [0.05, 0.1) is 4.92 Å². The third-order valence-electron chi connectivity index (χ3n) is 2.64. The number of nitro groups is 1. The first-order valence-electron chi connectivity index (χ1n) is 5.76.